The fraction of sp³-hybridized carbons (Fsp3) is 0.357. The van der Waals surface area contributed by atoms with Crippen molar-refractivity contribution in [3.05, 3.63) is 60.7 Å². The first-order valence-electron chi connectivity index (χ1n) is 12.6. The summed E-state index contributed by atoms with van der Waals surface area (Å²) in [6.07, 6.45) is 2.92. The van der Waals surface area contributed by atoms with Crippen LogP contribution in [0.25, 0.3) is 33.5 Å². The van der Waals surface area contributed by atoms with E-state index in [1.54, 1.807) is 6.20 Å². The highest BCUT2D eigenvalue weighted by Crippen LogP contribution is 2.32. The second kappa shape index (κ2) is 11.2. The Kier molecular flexibility index (Phi) is 8.04. The number of hydrogen-bond acceptors (Lipinski definition) is 6. The van der Waals surface area contributed by atoms with Gasteiger partial charge in [0.15, 0.2) is 0 Å². The summed E-state index contributed by atoms with van der Waals surface area (Å²) in [5, 5.41) is 3.64. The van der Waals surface area contributed by atoms with E-state index in [0.29, 0.717) is 12.4 Å². The molecular formula is C28H35N5O3Si. The number of aryl methyl sites for hydroxylation is 1. The molecule has 9 heteroatoms. The molecule has 0 spiro atoms. The minimum Gasteiger partial charge on any atom is -0.444 e. The topological polar surface area (TPSA) is 91.2 Å². The minimum atomic E-state index is -0.669. The van der Waals surface area contributed by atoms with E-state index in [9.17, 15) is 4.79 Å². The molecule has 0 aliphatic heterocycles. The number of carbonyl (C=O) groups is 1. The summed E-state index contributed by atoms with van der Waals surface area (Å²) < 4.78 is 13.4. The lowest BCUT2D eigenvalue weighted by Gasteiger charge is -2.19. The molecule has 1 amide bonds. The highest BCUT2D eigenvalue weighted by molar-refractivity contribution is 6.55. The SMILES string of the molecule is Cc1cccc(-c2c(-c3ccc4ncc(NC(=O)OC(C)(C)C)cc4c3)ncn2COCC[SiH](C)C)n1. The Labute approximate surface area is 219 Å². The zero-order valence-corrected chi connectivity index (χ0v) is 23.6. The van der Waals surface area contributed by atoms with E-state index in [0.717, 1.165) is 51.9 Å². The van der Waals surface area contributed by atoms with Crippen LogP contribution in [0.1, 0.15) is 26.5 Å². The van der Waals surface area contributed by atoms with Gasteiger partial charge in [0.05, 0.1) is 40.8 Å². The first kappa shape index (κ1) is 26.5. The van der Waals surface area contributed by atoms with Crippen LogP contribution in [0.3, 0.4) is 0 Å². The van der Waals surface area contributed by atoms with Crippen molar-refractivity contribution in [3.63, 3.8) is 0 Å². The van der Waals surface area contributed by atoms with E-state index < -0.39 is 20.5 Å². The van der Waals surface area contributed by atoms with Gasteiger partial charge >= 0.3 is 6.09 Å². The second-order valence-electron chi connectivity index (χ2n) is 10.6. The number of aromatic nitrogens is 4. The van der Waals surface area contributed by atoms with E-state index in [1.807, 2.05) is 81.1 Å². The predicted molar refractivity (Wildman–Crippen MR) is 150 cm³/mol. The quantitative estimate of drug-likeness (QED) is 0.219. The van der Waals surface area contributed by atoms with Gasteiger partial charge in [-0.2, -0.15) is 0 Å². The van der Waals surface area contributed by atoms with Gasteiger partial charge in [-0.3, -0.25) is 15.3 Å². The number of imidazole rings is 1. The number of amides is 1. The summed E-state index contributed by atoms with van der Waals surface area (Å²) in [6.45, 7) is 13.3. The molecule has 3 heterocycles. The third kappa shape index (κ3) is 7.02. The number of nitrogens with one attached hydrogen (secondary N) is 1. The van der Waals surface area contributed by atoms with Crippen LogP contribution in [0.4, 0.5) is 10.5 Å². The average Bonchev–Trinajstić information content (AvgIpc) is 3.24. The predicted octanol–water partition coefficient (Wildman–Crippen LogP) is 6.28. The second-order valence-corrected chi connectivity index (χ2v) is 13.9. The minimum absolute atomic E-state index is 0.415. The summed E-state index contributed by atoms with van der Waals surface area (Å²) in [4.78, 5) is 26.3. The van der Waals surface area contributed by atoms with E-state index >= 15 is 0 Å². The van der Waals surface area contributed by atoms with Crippen LogP contribution < -0.4 is 5.32 Å². The molecule has 0 bridgehead atoms. The van der Waals surface area contributed by atoms with Crippen LogP contribution in [0, 0.1) is 6.92 Å². The maximum atomic E-state index is 12.2. The van der Waals surface area contributed by atoms with Gasteiger partial charge in [0, 0.05) is 32.0 Å². The van der Waals surface area contributed by atoms with Gasteiger partial charge in [-0.15, -0.1) is 0 Å². The molecule has 4 rings (SSSR count). The summed E-state index contributed by atoms with van der Waals surface area (Å²) >= 11 is 0. The number of nitrogens with zero attached hydrogens (tertiary/aromatic N) is 4. The van der Waals surface area contributed by atoms with Crippen molar-refractivity contribution in [2.75, 3.05) is 11.9 Å². The maximum Gasteiger partial charge on any atom is 0.412 e. The van der Waals surface area contributed by atoms with Gasteiger partial charge in [0.1, 0.15) is 12.3 Å². The van der Waals surface area contributed by atoms with E-state index in [4.69, 9.17) is 19.4 Å². The monoisotopic (exact) mass is 517 g/mol. The van der Waals surface area contributed by atoms with Crippen LogP contribution in [0.5, 0.6) is 0 Å². The Balaban J connectivity index is 1.68. The van der Waals surface area contributed by atoms with Crippen molar-refractivity contribution in [2.24, 2.45) is 0 Å². The van der Waals surface area contributed by atoms with E-state index in [-0.39, 0.29) is 0 Å². The maximum absolute atomic E-state index is 12.2. The van der Waals surface area contributed by atoms with Crippen molar-refractivity contribution in [2.45, 2.75) is 59.2 Å². The molecule has 0 atom stereocenters. The summed E-state index contributed by atoms with van der Waals surface area (Å²) in [5.41, 5.74) is 5.21. The summed E-state index contributed by atoms with van der Waals surface area (Å²) in [6, 6.07) is 15.0. The van der Waals surface area contributed by atoms with Crippen molar-refractivity contribution in [1.29, 1.82) is 0 Å². The summed E-state index contributed by atoms with van der Waals surface area (Å²) in [7, 11) is -0.669. The Morgan fingerprint density at radius 2 is 1.92 bits per heavy atom. The molecule has 0 radical (unpaired) electrons. The molecule has 1 aromatic carbocycles. The van der Waals surface area contributed by atoms with E-state index in [2.05, 4.69) is 23.4 Å². The molecule has 0 aliphatic rings. The zero-order chi connectivity index (χ0) is 26.6. The molecule has 1 N–H and O–H groups in total. The number of carbonyl (C=O) groups excluding carboxylic acids is 1. The normalized spacial score (nSPS) is 11.8. The lowest BCUT2D eigenvalue weighted by atomic mass is 10.0. The number of ether oxygens (including phenoxy) is 2. The average molecular weight is 518 g/mol. The Hall–Kier alpha value is -3.56. The van der Waals surface area contributed by atoms with Gasteiger partial charge < -0.3 is 14.0 Å². The molecule has 8 nitrogen and oxygen atoms in total. The molecule has 0 aliphatic carbocycles. The van der Waals surface area contributed by atoms with Crippen LogP contribution in [0.2, 0.25) is 19.1 Å². The highest BCUT2D eigenvalue weighted by atomic mass is 28.3. The highest BCUT2D eigenvalue weighted by Gasteiger charge is 2.18. The van der Waals surface area contributed by atoms with Gasteiger partial charge in [-0.05, 0) is 64.1 Å². The number of hydrogen-bond donors (Lipinski definition) is 1. The fourth-order valence-electron chi connectivity index (χ4n) is 3.89. The number of rotatable bonds is 8. The zero-order valence-electron chi connectivity index (χ0n) is 22.4. The fourth-order valence-corrected chi connectivity index (χ4v) is 4.52. The molecule has 0 saturated carbocycles. The molecular weight excluding hydrogens is 482 g/mol. The van der Waals surface area contributed by atoms with Gasteiger partial charge in [0.25, 0.3) is 0 Å². The molecule has 194 valence electrons. The third-order valence-corrected chi connectivity index (χ3v) is 7.03. The molecule has 4 aromatic rings. The van der Waals surface area contributed by atoms with E-state index in [1.165, 1.54) is 0 Å². The largest absolute Gasteiger partial charge is 0.444 e. The molecule has 0 unspecified atom stereocenters. The van der Waals surface area contributed by atoms with Crippen LogP contribution in [0.15, 0.2) is 55.0 Å². The first-order valence-corrected chi connectivity index (χ1v) is 15.7. The number of benzene rings is 1. The third-order valence-electron chi connectivity index (χ3n) is 5.64. The van der Waals surface area contributed by atoms with Crippen molar-refractivity contribution in [1.82, 2.24) is 19.5 Å². The van der Waals surface area contributed by atoms with Gasteiger partial charge in [-0.1, -0.05) is 25.2 Å². The Morgan fingerprint density at radius 1 is 1.11 bits per heavy atom. The van der Waals surface area contributed by atoms with Gasteiger partial charge in [0.2, 0.25) is 0 Å². The molecule has 0 fully saturated rings. The van der Waals surface area contributed by atoms with Gasteiger partial charge in [-0.25, -0.2) is 9.78 Å². The van der Waals surface area contributed by atoms with Crippen molar-refractivity contribution in [3.8, 4) is 22.6 Å². The lowest BCUT2D eigenvalue weighted by molar-refractivity contribution is 0.0636. The standard InChI is InChI=1S/C28H35N5O3Si/c1-19-8-7-9-24(31-19)26-25(30-17-33(26)18-35-12-13-37(5)6)20-10-11-23-21(14-20)15-22(16-29-23)32-27(34)36-28(2,3)4/h7-11,14-17,37H,12-13,18H2,1-6H3,(H,32,34). The Morgan fingerprint density at radius 3 is 2.65 bits per heavy atom. The van der Waals surface area contributed by atoms with Crippen molar-refractivity contribution < 1.29 is 14.3 Å². The molecule has 37 heavy (non-hydrogen) atoms. The number of anilines is 1. The molecule has 3 aromatic heterocycles. The molecule has 0 saturated heterocycles. The lowest BCUT2D eigenvalue weighted by Crippen LogP contribution is -2.27. The first-order chi connectivity index (χ1) is 17.6. The van der Waals surface area contributed by atoms with Crippen molar-refractivity contribution >= 4 is 31.5 Å². The Bertz CT molecular complexity index is 1390. The van der Waals surface area contributed by atoms with Crippen LogP contribution in [-0.2, 0) is 16.2 Å². The summed E-state index contributed by atoms with van der Waals surface area (Å²) in [5.74, 6) is 0. The number of pyridine rings is 2. The smallest absolute Gasteiger partial charge is 0.412 e. The van der Waals surface area contributed by atoms with Crippen LogP contribution in [-0.4, -0.2) is 46.6 Å². The number of fused-ring (bicyclic) bond motifs is 1. The van der Waals surface area contributed by atoms with Crippen LogP contribution >= 0.6 is 0 Å².